The Morgan fingerprint density at radius 3 is 2.58 bits per heavy atom. The molecule has 4 nitrogen and oxygen atoms in total. The van der Waals surface area contributed by atoms with Crippen molar-refractivity contribution in [2.45, 2.75) is 40.5 Å². The molecule has 0 saturated carbocycles. The lowest BCUT2D eigenvalue weighted by Crippen LogP contribution is -2.47. The summed E-state index contributed by atoms with van der Waals surface area (Å²) in [6, 6.07) is 0. The molecule has 0 radical (unpaired) electrons. The van der Waals surface area contributed by atoms with E-state index in [0.29, 0.717) is 5.92 Å². The second-order valence-electron chi connectivity index (χ2n) is 5.93. The van der Waals surface area contributed by atoms with Crippen LogP contribution >= 0.6 is 0 Å². The smallest absolute Gasteiger partial charge is 0.227 e. The fourth-order valence-electron chi connectivity index (χ4n) is 2.91. The van der Waals surface area contributed by atoms with Crippen molar-refractivity contribution in [2.75, 3.05) is 39.3 Å². The summed E-state index contributed by atoms with van der Waals surface area (Å²) in [4.78, 5) is 14.9. The van der Waals surface area contributed by atoms with Gasteiger partial charge < -0.3 is 15.5 Å². The van der Waals surface area contributed by atoms with E-state index >= 15 is 0 Å². The first-order chi connectivity index (χ1) is 9.06. The largest absolute Gasteiger partial charge is 0.354 e. The van der Waals surface area contributed by atoms with Gasteiger partial charge in [-0.1, -0.05) is 27.7 Å². The zero-order chi connectivity index (χ0) is 14.3. The minimum Gasteiger partial charge on any atom is -0.354 e. The molecule has 0 aliphatic carbocycles. The Labute approximate surface area is 118 Å². The van der Waals surface area contributed by atoms with Crippen molar-refractivity contribution < 1.29 is 4.79 Å². The van der Waals surface area contributed by atoms with Crippen molar-refractivity contribution in [1.82, 2.24) is 15.5 Å². The molecule has 1 atom stereocenters. The molecular weight excluding hydrogens is 238 g/mol. The number of rotatable bonds is 8. The van der Waals surface area contributed by atoms with Crippen molar-refractivity contribution in [2.24, 2.45) is 11.3 Å². The van der Waals surface area contributed by atoms with E-state index in [1.807, 2.05) is 0 Å². The van der Waals surface area contributed by atoms with Crippen LogP contribution in [0.25, 0.3) is 0 Å². The highest BCUT2D eigenvalue weighted by Crippen LogP contribution is 2.34. The van der Waals surface area contributed by atoms with Gasteiger partial charge >= 0.3 is 0 Å². The Bertz CT molecular complexity index is 273. The first-order valence-electron chi connectivity index (χ1n) is 7.78. The zero-order valence-electron chi connectivity index (χ0n) is 13.1. The molecule has 0 aromatic heterocycles. The molecule has 1 saturated heterocycles. The lowest BCUT2D eigenvalue weighted by Gasteiger charge is -2.31. The molecule has 1 fully saturated rings. The highest BCUT2D eigenvalue weighted by Gasteiger charge is 2.43. The molecule has 2 N–H and O–H groups in total. The minimum atomic E-state index is -0.193. The Morgan fingerprint density at radius 2 is 2.11 bits per heavy atom. The van der Waals surface area contributed by atoms with Gasteiger partial charge in [-0.15, -0.1) is 0 Å². The first kappa shape index (κ1) is 16.4. The molecule has 0 spiro atoms. The highest BCUT2D eigenvalue weighted by molar-refractivity contribution is 5.83. The van der Waals surface area contributed by atoms with Crippen molar-refractivity contribution in [3.05, 3.63) is 0 Å². The number of carbonyl (C=O) groups excluding carboxylic acids is 1. The molecule has 4 heteroatoms. The Balaban J connectivity index is 2.41. The number of likely N-dealkylation sites (N-methyl/N-ethyl adjacent to an activating group) is 1. The summed E-state index contributed by atoms with van der Waals surface area (Å²) in [6.07, 6.45) is 2.13. The molecule has 1 heterocycles. The first-order valence-corrected chi connectivity index (χ1v) is 7.78. The predicted octanol–water partition coefficient (Wildman–Crippen LogP) is 1.47. The Morgan fingerprint density at radius 1 is 1.37 bits per heavy atom. The molecule has 19 heavy (non-hydrogen) atoms. The van der Waals surface area contributed by atoms with Crippen LogP contribution in [0.15, 0.2) is 0 Å². The maximum Gasteiger partial charge on any atom is 0.227 e. The van der Waals surface area contributed by atoms with Gasteiger partial charge in [-0.05, 0) is 38.4 Å². The molecule has 1 aliphatic heterocycles. The maximum absolute atomic E-state index is 12.5. The SMILES string of the molecule is CCCN(CC)CCNC(=O)C1(C(C)C)CCNC1. The molecule has 1 rings (SSSR count). The fraction of sp³-hybridized carbons (Fsp3) is 0.933. The van der Waals surface area contributed by atoms with Crippen LogP contribution in [0.2, 0.25) is 0 Å². The summed E-state index contributed by atoms with van der Waals surface area (Å²) in [5.74, 6) is 0.625. The normalized spacial score (nSPS) is 23.3. The van der Waals surface area contributed by atoms with Crippen molar-refractivity contribution in [3.8, 4) is 0 Å². The van der Waals surface area contributed by atoms with E-state index < -0.39 is 0 Å². The van der Waals surface area contributed by atoms with E-state index in [4.69, 9.17) is 0 Å². The van der Waals surface area contributed by atoms with Crippen LogP contribution in [0, 0.1) is 11.3 Å². The van der Waals surface area contributed by atoms with E-state index in [1.54, 1.807) is 0 Å². The molecule has 1 amide bonds. The molecule has 0 aromatic rings. The van der Waals surface area contributed by atoms with Crippen molar-refractivity contribution in [3.63, 3.8) is 0 Å². The zero-order valence-corrected chi connectivity index (χ0v) is 13.1. The summed E-state index contributed by atoms with van der Waals surface area (Å²) >= 11 is 0. The topological polar surface area (TPSA) is 44.4 Å². The Kier molecular flexibility index (Phi) is 6.80. The summed E-state index contributed by atoms with van der Waals surface area (Å²) in [5, 5.41) is 6.48. The van der Waals surface area contributed by atoms with E-state index in [1.165, 1.54) is 6.42 Å². The number of carbonyl (C=O) groups is 1. The van der Waals surface area contributed by atoms with E-state index in [9.17, 15) is 4.79 Å². The van der Waals surface area contributed by atoms with Crippen LogP contribution in [0.1, 0.15) is 40.5 Å². The monoisotopic (exact) mass is 269 g/mol. The average molecular weight is 269 g/mol. The highest BCUT2D eigenvalue weighted by atomic mass is 16.2. The third kappa shape index (κ3) is 4.18. The van der Waals surface area contributed by atoms with Crippen LogP contribution in [0.4, 0.5) is 0 Å². The lowest BCUT2D eigenvalue weighted by atomic mass is 9.75. The van der Waals surface area contributed by atoms with Gasteiger partial charge in [0.05, 0.1) is 5.41 Å². The third-order valence-electron chi connectivity index (χ3n) is 4.45. The van der Waals surface area contributed by atoms with Gasteiger partial charge in [-0.2, -0.15) is 0 Å². The fourth-order valence-corrected chi connectivity index (χ4v) is 2.91. The van der Waals surface area contributed by atoms with E-state index in [2.05, 4.69) is 43.2 Å². The van der Waals surface area contributed by atoms with E-state index in [-0.39, 0.29) is 11.3 Å². The average Bonchev–Trinajstić information content (AvgIpc) is 2.88. The molecule has 1 unspecified atom stereocenters. The quantitative estimate of drug-likeness (QED) is 0.701. The van der Waals surface area contributed by atoms with Gasteiger partial charge in [0.2, 0.25) is 5.91 Å². The van der Waals surface area contributed by atoms with Crippen LogP contribution in [0.3, 0.4) is 0 Å². The molecule has 112 valence electrons. The second kappa shape index (κ2) is 7.85. The van der Waals surface area contributed by atoms with Gasteiger partial charge in [0.15, 0.2) is 0 Å². The number of amides is 1. The maximum atomic E-state index is 12.5. The van der Waals surface area contributed by atoms with Gasteiger partial charge in [-0.25, -0.2) is 0 Å². The van der Waals surface area contributed by atoms with Crippen molar-refractivity contribution in [1.29, 1.82) is 0 Å². The summed E-state index contributed by atoms with van der Waals surface area (Å²) < 4.78 is 0. The standard InChI is InChI=1S/C15H31N3O/c1-5-10-18(6-2)11-9-17-14(19)15(13(3)4)7-8-16-12-15/h13,16H,5-12H2,1-4H3,(H,17,19). The van der Waals surface area contributed by atoms with Gasteiger partial charge in [0, 0.05) is 19.6 Å². The molecule has 0 bridgehead atoms. The third-order valence-corrected chi connectivity index (χ3v) is 4.45. The van der Waals surface area contributed by atoms with Crippen LogP contribution < -0.4 is 10.6 Å². The lowest BCUT2D eigenvalue weighted by molar-refractivity contribution is -0.132. The van der Waals surface area contributed by atoms with Gasteiger partial charge in [0.1, 0.15) is 0 Å². The number of hydrogen-bond acceptors (Lipinski definition) is 3. The predicted molar refractivity (Wildman–Crippen MR) is 80.2 cm³/mol. The van der Waals surface area contributed by atoms with Crippen LogP contribution in [-0.2, 0) is 4.79 Å². The molecule has 0 aromatic carbocycles. The number of nitrogens with one attached hydrogen (secondary N) is 2. The van der Waals surface area contributed by atoms with Gasteiger partial charge in [-0.3, -0.25) is 4.79 Å². The van der Waals surface area contributed by atoms with Crippen molar-refractivity contribution >= 4 is 5.91 Å². The summed E-state index contributed by atoms with van der Waals surface area (Å²) in [5.41, 5.74) is -0.193. The Hall–Kier alpha value is -0.610. The number of nitrogens with zero attached hydrogens (tertiary/aromatic N) is 1. The molecular formula is C15H31N3O. The number of hydrogen-bond donors (Lipinski definition) is 2. The minimum absolute atomic E-state index is 0.193. The summed E-state index contributed by atoms with van der Waals surface area (Å²) in [6.45, 7) is 14.4. The van der Waals surface area contributed by atoms with Crippen LogP contribution in [-0.4, -0.2) is 50.1 Å². The van der Waals surface area contributed by atoms with E-state index in [0.717, 1.165) is 45.7 Å². The molecule has 1 aliphatic rings. The van der Waals surface area contributed by atoms with Gasteiger partial charge in [0.25, 0.3) is 0 Å². The second-order valence-corrected chi connectivity index (χ2v) is 5.93. The summed E-state index contributed by atoms with van der Waals surface area (Å²) in [7, 11) is 0. The van der Waals surface area contributed by atoms with Crippen LogP contribution in [0.5, 0.6) is 0 Å².